The van der Waals surface area contributed by atoms with E-state index < -0.39 is 0 Å². The number of aromatic nitrogens is 4. The van der Waals surface area contributed by atoms with Gasteiger partial charge in [0.1, 0.15) is 0 Å². The summed E-state index contributed by atoms with van der Waals surface area (Å²) in [5, 5.41) is 24.5. The molecule has 54 heavy (non-hydrogen) atoms. The normalized spacial score (nSPS) is 11.3. The van der Waals surface area contributed by atoms with Crippen LogP contribution in [0.25, 0.3) is 88.9 Å². The van der Waals surface area contributed by atoms with E-state index in [4.69, 9.17) is 9.97 Å². The van der Waals surface area contributed by atoms with Crippen molar-refractivity contribution in [2.24, 2.45) is 0 Å². The zero-order valence-electron chi connectivity index (χ0n) is 28.8. The summed E-state index contributed by atoms with van der Waals surface area (Å²) in [5.41, 5.74) is 10.9. The van der Waals surface area contributed by atoms with Crippen LogP contribution in [0.15, 0.2) is 170 Å². The van der Waals surface area contributed by atoms with Crippen LogP contribution >= 0.6 is 0 Å². The van der Waals surface area contributed by atoms with Gasteiger partial charge in [-0.1, -0.05) is 127 Å². The topological polar surface area (TPSA) is 83.2 Å². The van der Waals surface area contributed by atoms with Gasteiger partial charge in [0.2, 0.25) is 5.95 Å². The number of rotatable bonds is 5. The van der Waals surface area contributed by atoms with Crippen molar-refractivity contribution >= 4 is 43.6 Å². The van der Waals surface area contributed by atoms with Gasteiger partial charge in [0, 0.05) is 43.9 Å². The lowest BCUT2D eigenvalue weighted by atomic mass is 9.95. The van der Waals surface area contributed by atoms with Crippen LogP contribution in [0.2, 0.25) is 0 Å². The molecule has 3 aromatic heterocycles. The summed E-state index contributed by atoms with van der Waals surface area (Å²) < 4.78 is 4.51. The monoisotopic (exact) mass is 688 g/mol. The molecule has 0 unspecified atom stereocenters. The second-order valence-corrected chi connectivity index (χ2v) is 13.2. The van der Waals surface area contributed by atoms with Gasteiger partial charge in [-0.15, -0.1) is 0 Å². The molecule has 6 heteroatoms. The Labute approximate surface area is 310 Å². The van der Waals surface area contributed by atoms with E-state index in [9.17, 15) is 10.5 Å². The summed E-state index contributed by atoms with van der Waals surface area (Å²) in [4.78, 5) is 10.6. The largest absolute Gasteiger partial charge is 0.307 e. The fourth-order valence-electron chi connectivity index (χ4n) is 7.87. The second kappa shape index (κ2) is 12.5. The molecule has 0 fully saturated rings. The van der Waals surface area contributed by atoms with Gasteiger partial charge in [0.05, 0.1) is 56.7 Å². The first kappa shape index (κ1) is 31.0. The standard InChI is InChI=1S/C48H28N6/c49-29-34-18-11-19-35(30-50)45(34)33-17-12-20-36(27-33)53-43-23-9-7-21-37(43)39-25-26-40-38-22-8-10-24-44(38)54(47(40)46(39)53)48-51-41(31-13-3-1-4-14-31)28-42(52-48)32-15-5-2-6-16-32/h1-28H. The quantitative estimate of drug-likeness (QED) is 0.180. The van der Waals surface area contributed by atoms with Gasteiger partial charge < -0.3 is 4.57 Å². The van der Waals surface area contributed by atoms with Crippen LogP contribution in [-0.4, -0.2) is 19.1 Å². The van der Waals surface area contributed by atoms with Crippen LogP contribution in [0.4, 0.5) is 0 Å². The molecule has 250 valence electrons. The minimum Gasteiger partial charge on any atom is -0.307 e. The third-order valence-electron chi connectivity index (χ3n) is 10.2. The van der Waals surface area contributed by atoms with Gasteiger partial charge >= 0.3 is 0 Å². The first-order valence-corrected chi connectivity index (χ1v) is 17.7. The van der Waals surface area contributed by atoms with Crippen molar-refractivity contribution in [3.8, 4) is 57.4 Å². The number of benzene rings is 7. The lowest BCUT2D eigenvalue weighted by molar-refractivity contribution is 0.995. The van der Waals surface area contributed by atoms with E-state index in [-0.39, 0.29) is 0 Å². The van der Waals surface area contributed by atoms with Crippen molar-refractivity contribution in [3.05, 3.63) is 181 Å². The number of para-hydroxylation sites is 2. The molecular weight excluding hydrogens is 661 g/mol. The Kier molecular flexibility index (Phi) is 7.15. The number of nitrogens with zero attached hydrogens (tertiary/aromatic N) is 6. The van der Waals surface area contributed by atoms with E-state index in [0.29, 0.717) is 22.6 Å². The van der Waals surface area contributed by atoms with Gasteiger partial charge in [-0.25, -0.2) is 9.97 Å². The predicted octanol–water partition coefficient (Wildman–Crippen LogP) is 11.4. The highest BCUT2D eigenvalue weighted by atomic mass is 15.2. The van der Waals surface area contributed by atoms with Crippen LogP contribution in [0, 0.1) is 22.7 Å². The number of hydrogen-bond donors (Lipinski definition) is 0. The van der Waals surface area contributed by atoms with Gasteiger partial charge in [-0.2, -0.15) is 10.5 Å². The van der Waals surface area contributed by atoms with Gasteiger partial charge in [-0.3, -0.25) is 4.57 Å². The minimum absolute atomic E-state index is 0.459. The third kappa shape index (κ3) is 4.79. The number of hydrogen-bond acceptors (Lipinski definition) is 4. The van der Waals surface area contributed by atoms with Crippen molar-refractivity contribution < 1.29 is 0 Å². The second-order valence-electron chi connectivity index (χ2n) is 13.2. The van der Waals surface area contributed by atoms with Gasteiger partial charge in [-0.05, 0) is 48.0 Å². The Hall–Kier alpha value is -7.80. The highest BCUT2D eigenvalue weighted by Crippen LogP contribution is 2.42. The number of fused-ring (bicyclic) bond motifs is 7. The fourth-order valence-corrected chi connectivity index (χ4v) is 7.87. The molecule has 10 aromatic rings. The summed E-state index contributed by atoms with van der Waals surface area (Å²) in [5.74, 6) is 0.570. The molecular formula is C48H28N6. The fraction of sp³-hybridized carbons (Fsp3) is 0. The van der Waals surface area contributed by atoms with Crippen molar-refractivity contribution in [1.82, 2.24) is 19.1 Å². The van der Waals surface area contributed by atoms with E-state index in [0.717, 1.165) is 77.4 Å². The van der Waals surface area contributed by atoms with Crippen molar-refractivity contribution in [2.75, 3.05) is 0 Å². The molecule has 0 aliphatic rings. The first-order chi connectivity index (χ1) is 26.7. The molecule has 0 radical (unpaired) electrons. The van der Waals surface area contributed by atoms with E-state index in [1.807, 2.05) is 48.5 Å². The van der Waals surface area contributed by atoms with E-state index in [1.54, 1.807) is 18.2 Å². The molecule has 10 rings (SSSR count). The summed E-state index contributed by atoms with van der Waals surface area (Å²) in [6, 6.07) is 61.9. The smallest absolute Gasteiger partial charge is 0.235 e. The van der Waals surface area contributed by atoms with Crippen LogP contribution in [-0.2, 0) is 0 Å². The molecule has 0 aliphatic heterocycles. The molecule has 0 spiro atoms. The maximum absolute atomic E-state index is 10.1. The SMILES string of the molecule is N#Cc1cccc(C#N)c1-c1cccc(-n2c3ccccc3c3ccc4c5ccccc5n(-c5nc(-c6ccccc6)cc(-c6ccccc6)n5)c4c32)c1. The number of nitriles is 2. The summed E-state index contributed by atoms with van der Waals surface area (Å²) in [6.07, 6.45) is 0. The highest BCUT2D eigenvalue weighted by molar-refractivity contribution is 6.23. The summed E-state index contributed by atoms with van der Waals surface area (Å²) >= 11 is 0. The highest BCUT2D eigenvalue weighted by Gasteiger charge is 2.23. The maximum Gasteiger partial charge on any atom is 0.235 e. The van der Waals surface area contributed by atoms with E-state index in [1.165, 1.54) is 0 Å². The van der Waals surface area contributed by atoms with Gasteiger partial charge in [0.25, 0.3) is 0 Å². The molecule has 7 aromatic carbocycles. The Bertz CT molecular complexity index is 3090. The zero-order chi connectivity index (χ0) is 36.2. The molecule has 3 heterocycles. The first-order valence-electron chi connectivity index (χ1n) is 17.7. The van der Waals surface area contributed by atoms with E-state index >= 15 is 0 Å². The summed E-state index contributed by atoms with van der Waals surface area (Å²) in [6.45, 7) is 0. The Morgan fingerprint density at radius 2 is 0.889 bits per heavy atom. The lowest BCUT2D eigenvalue weighted by Crippen LogP contribution is -2.05. The van der Waals surface area contributed by atoms with Crippen LogP contribution < -0.4 is 0 Å². The molecule has 0 atom stereocenters. The molecule has 0 amide bonds. The third-order valence-corrected chi connectivity index (χ3v) is 10.2. The van der Waals surface area contributed by atoms with Crippen molar-refractivity contribution in [1.29, 1.82) is 10.5 Å². The minimum atomic E-state index is 0.459. The van der Waals surface area contributed by atoms with E-state index in [2.05, 4.69) is 124 Å². The molecule has 0 saturated carbocycles. The maximum atomic E-state index is 10.1. The average Bonchev–Trinajstić information content (AvgIpc) is 3.77. The molecule has 0 bridgehead atoms. The van der Waals surface area contributed by atoms with Crippen molar-refractivity contribution in [3.63, 3.8) is 0 Å². The van der Waals surface area contributed by atoms with Crippen LogP contribution in [0.3, 0.4) is 0 Å². The molecule has 6 nitrogen and oxygen atoms in total. The van der Waals surface area contributed by atoms with Gasteiger partial charge in [0.15, 0.2) is 0 Å². The van der Waals surface area contributed by atoms with Crippen LogP contribution in [0.5, 0.6) is 0 Å². The molecule has 0 N–H and O–H groups in total. The van der Waals surface area contributed by atoms with Crippen molar-refractivity contribution in [2.45, 2.75) is 0 Å². The Morgan fingerprint density at radius 3 is 1.46 bits per heavy atom. The average molecular weight is 689 g/mol. The van der Waals surface area contributed by atoms with Crippen LogP contribution in [0.1, 0.15) is 11.1 Å². The zero-order valence-corrected chi connectivity index (χ0v) is 28.8. The predicted molar refractivity (Wildman–Crippen MR) is 216 cm³/mol. The Morgan fingerprint density at radius 1 is 0.407 bits per heavy atom. The molecule has 0 aliphatic carbocycles. The molecule has 0 saturated heterocycles. The summed E-state index contributed by atoms with van der Waals surface area (Å²) in [7, 11) is 0. The Balaban J connectivity index is 1.34. The lowest BCUT2D eigenvalue weighted by Gasteiger charge is -2.15.